The zero-order valence-electron chi connectivity index (χ0n) is 10.7. The van der Waals surface area contributed by atoms with Gasteiger partial charge in [0.05, 0.1) is 6.04 Å². The minimum Gasteiger partial charge on any atom is -0.344 e. The number of benzene rings is 1. The number of carbonyl (C=O) groups is 1. The van der Waals surface area contributed by atoms with Crippen molar-refractivity contribution in [2.75, 3.05) is 13.6 Å². The normalized spacial score (nSPS) is 12.2. The van der Waals surface area contributed by atoms with Gasteiger partial charge >= 0.3 is 0 Å². The van der Waals surface area contributed by atoms with Crippen LogP contribution in [0.15, 0.2) is 30.3 Å². The van der Waals surface area contributed by atoms with Crippen LogP contribution in [0.3, 0.4) is 0 Å². The summed E-state index contributed by atoms with van der Waals surface area (Å²) in [7, 11) is 1.81. The van der Waals surface area contributed by atoms with Crippen LogP contribution in [0.5, 0.6) is 0 Å². The van der Waals surface area contributed by atoms with E-state index in [0.29, 0.717) is 0 Å². The largest absolute Gasteiger partial charge is 0.344 e. The van der Waals surface area contributed by atoms with E-state index in [-0.39, 0.29) is 5.91 Å². The Morgan fingerprint density at radius 3 is 2.53 bits per heavy atom. The summed E-state index contributed by atoms with van der Waals surface area (Å²) in [6.07, 6.45) is 3.19. The number of hydrogen-bond donors (Lipinski definition) is 1. The van der Waals surface area contributed by atoms with Gasteiger partial charge in [0.15, 0.2) is 0 Å². The van der Waals surface area contributed by atoms with Crippen molar-refractivity contribution in [3.05, 3.63) is 35.9 Å². The number of nitrogens with two attached hydrogens (primary N) is 1. The van der Waals surface area contributed by atoms with E-state index in [4.69, 9.17) is 5.73 Å². The predicted molar refractivity (Wildman–Crippen MR) is 70.7 cm³/mol. The fourth-order valence-corrected chi connectivity index (χ4v) is 1.78. The van der Waals surface area contributed by atoms with Crippen molar-refractivity contribution in [3.8, 4) is 0 Å². The monoisotopic (exact) mass is 234 g/mol. The van der Waals surface area contributed by atoms with Gasteiger partial charge in [0, 0.05) is 13.6 Å². The Balaban J connectivity index is 2.18. The first-order valence-corrected chi connectivity index (χ1v) is 6.15. The van der Waals surface area contributed by atoms with Crippen LogP contribution in [-0.2, 0) is 11.2 Å². The molecule has 0 aliphatic carbocycles. The lowest BCUT2D eigenvalue weighted by Gasteiger charge is -2.19. The van der Waals surface area contributed by atoms with Crippen molar-refractivity contribution < 1.29 is 4.79 Å². The molecule has 1 rings (SSSR count). The van der Waals surface area contributed by atoms with E-state index in [9.17, 15) is 4.79 Å². The lowest BCUT2D eigenvalue weighted by molar-refractivity contribution is -0.130. The molecule has 0 saturated carbocycles. The fourth-order valence-electron chi connectivity index (χ4n) is 1.78. The summed E-state index contributed by atoms with van der Waals surface area (Å²) < 4.78 is 0. The van der Waals surface area contributed by atoms with Crippen molar-refractivity contribution in [2.45, 2.75) is 32.2 Å². The Kier molecular flexibility index (Phi) is 5.70. The maximum absolute atomic E-state index is 11.5. The molecule has 3 heteroatoms. The van der Waals surface area contributed by atoms with Gasteiger partial charge in [-0.15, -0.1) is 0 Å². The van der Waals surface area contributed by atoms with E-state index in [2.05, 4.69) is 24.3 Å². The molecule has 3 nitrogen and oxygen atoms in total. The minimum absolute atomic E-state index is 0.0183. The van der Waals surface area contributed by atoms with E-state index >= 15 is 0 Å². The highest BCUT2D eigenvalue weighted by Gasteiger charge is 2.12. The van der Waals surface area contributed by atoms with Crippen LogP contribution in [0.1, 0.15) is 25.3 Å². The van der Waals surface area contributed by atoms with Gasteiger partial charge in [-0.1, -0.05) is 30.3 Å². The molecule has 0 aliphatic heterocycles. The van der Waals surface area contributed by atoms with Crippen LogP contribution in [0, 0.1) is 0 Å². The van der Waals surface area contributed by atoms with E-state index in [1.54, 1.807) is 11.8 Å². The van der Waals surface area contributed by atoms with E-state index < -0.39 is 6.04 Å². The number of aryl methyl sites for hydroxylation is 1. The molecule has 17 heavy (non-hydrogen) atoms. The van der Waals surface area contributed by atoms with Gasteiger partial charge < -0.3 is 10.6 Å². The Labute approximate surface area is 104 Å². The smallest absolute Gasteiger partial charge is 0.238 e. The Hall–Kier alpha value is -1.35. The third-order valence-corrected chi connectivity index (χ3v) is 2.82. The molecular formula is C14H22N2O. The lowest BCUT2D eigenvalue weighted by atomic mass is 10.1. The summed E-state index contributed by atoms with van der Waals surface area (Å²) in [6.45, 7) is 2.51. The van der Waals surface area contributed by atoms with E-state index in [1.807, 2.05) is 13.1 Å². The van der Waals surface area contributed by atoms with Gasteiger partial charge in [-0.3, -0.25) is 4.79 Å². The molecule has 1 aromatic carbocycles. The number of nitrogens with zero attached hydrogens (tertiary/aromatic N) is 1. The first-order chi connectivity index (χ1) is 8.11. The van der Waals surface area contributed by atoms with Gasteiger partial charge in [-0.2, -0.15) is 0 Å². The molecule has 0 fully saturated rings. The summed E-state index contributed by atoms with van der Waals surface area (Å²) in [5, 5.41) is 0. The number of carbonyl (C=O) groups excluding carboxylic acids is 1. The highest BCUT2D eigenvalue weighted by Crippen LogP contribution is 2.05. The van der Waals surface area contributed by atoms with Crippen LogP contribution >= 0.6 is 0 Å². The van der Waals surface area contributed by atoms with Crippen molar-refractivity contribution in [3.63, 3.8) is 0 Å². The minimum atomic E-state index is -0.394. The molecule has 2 N–H and O–H groups in total. The molecule has 0 aliphatic rings. The topological polar surface area (TPSA) is 46.3 Å². The average molecular weight is 234 g/mol. The second-order valence-corrected chi connectivity index (χ2v) is 4.49. The summed E-state index contributed by atoms with van der Waals surface area (Å²) in [4.78, 5) is 13.2. The first kappa shape index (κ1) is 13.7. The summed E-state index contributed by atoms with van der Waals surface area (Å²) in [5.41, 5.74) is 6.90. The Bertz CT molecular complexity index is 335. The van der Waals surface area contributed by atoms with Gasteiger partial charge in [0.25, 0.3) is 0 Å². The second-order valence-electron chi connectivity index (χ2n) is 4.49. The van der Waals surface area contributed by atoms with E-state index in [0.717, 1.165) is 25.8 Å². The fraction of sp³-hybridized carbons (Fsp3) is 0.500. The number of hydrogen-bond acceptors (Lipinski definition) is 2. The third kappa shape index (κ3) is 5.00. The third-order valence-electron chi connectivity index (χ3n) is 2.82. The van der Waals surface area contributed by atoms with Gasteiger partial charge in [0.2, 0.25) is 5.91 Å². The molecule has 0 heterocycles. The zero-order chi connectivity index (χ0) is 12.7. The first-order valence-electron chi connectivity index (χ1n) is 6.15. The van der Waals surface area contributed by atoms with E-state index in [1.165, 1.54) is 5.56 Å². The molecule has 0 radical (unpaired) electrons. The highest BCUT2D eigenvalue weighted by atomic mass is 16.2. The molecule has 94 valence electrons. The molecule has 1 atom stereocenters. The zero-order valence-corrected chi connectivity index (χ0v) is 10.7. The summed E-state index contributed by atoms with van der Waals surface area (Å²) in [5.74, 6) is 0.0183. The van der Waals surface area contributed by atoms with Crippen molar-refractivity contribution >= 4 is 5.91 Å². The van der Waals surface area contributed by atoms with Crippen LogP contribution in [0.4, 0.5) is 0 Å². The molecule has 1 amide bonds. The molecule has 0 spiro atoms. The number of likely N-dealkylation sites (N-methyl/N-ethyl adjacent to an activating group) is 1. The maximum Gasteiger partial charge on any atom is 0.238 e. The molecule has 0 unspecified atom stereocenters. The number of rotatable bonds is 6. The standard InChI is InChI=1S/C14H22N2O/c1-12(15)14(17)16(2)11-7-6-10-13-8-4-3-5-9-13/h3-5,8-9,12H,6-7,10-11,15H2,1-2H3/t12-/m1/s1. The van der Waals surface area contributed by atoms with Crippen LogP contribution in [-0.4, -0.2) is 30.4 Å². The summed E-state index contributed by atoms with van der Waals surface area (Å²) in [6, 6.07) is 10.0. The Morgan fingerprint density at radius 2 is 1.94 bits per heavy atom. The maximum atomic E-state index is 11.5. The molecule has 0 bridgehead atoms. The van der Waals surface area contributed by atoms with Gasteiger partial charge in [-0.25, -0.2) is 0 Å². The number of amides is 1. The van der Waals surface area contributed by atoms with Crippen molar-refractivity contribution in [1.82, 2.24) is 4.90 Å². The second kappa shape index (κ2) is 7.07. The lowest BCUT2D eigenvalue weighted by Crippen LogP contribution is -2.40. The molecule has 0 saturated heterocycles. The predicted octanol–water partition coefficient (Wildman–Crippen LogP) is 1.81. The van der Waals surface area contributed by atoms with Crippen molar-refractivity contribution in [2.24, 2.45) is 5.73 Å². The Morgan fingerprint density at radius 1 is 1.29 bits per heavy atom. The number of unbranched alkanes of at least 4 members (excludes halogenated alkanes) is 1. The van der Waals surface area contributed by atoms with Crippen LogP contribution in [0.25, 0.3) is 0 Å². The molecular weight excluding hydrogens is 212 g/mol. The highest BCUT2D eigenvalue weighted by molar-refractivity contribution is 5.80. The van der Waals surface area contributed by atoms with Gasteiger partial charge in [-0.05, 0) is 31.7 Å². The van der Waals surface area contributed by atoms with Crippen LogP contribution < -0.4 is 5.73 Å². The molecule has 0 aromatic heterocycles. The SMILES string of the molecule is C[C@@H](N)C(=O)N(C)CCCCc1ccccc1. The molecule has 1 aromatic rings. The quantitative estimate of drug-likeness (QED) is 0.763. The van der Waals surface area contributed by atoms with Gasteiger partial charge in [0.1, 0.15) is 0 Å². The summed E-state index contributed by atoms with van der Waals surface area (Å²) >= 11 is 0. The van der Waals surface area contributed by atoms with Crippen LogP contribution in [0.2, 0.25) is 0 Å². The average Bonchev–Trinajstić information content (AvgIpc) is 2.34. The van der Waals surface area contributed by atoms with Crippen molar-refractivity contribution in [1.29, 1.82) is 0 Å².